The number of ether oxygens (including phenoxy) is 2. The fourth-order valence-corrected chi connectivity index (χ4v) is 3.76. The predicted octanol–water partition coefficient (Wildman–Crippen LogP) is 2.82. The van der Waals surface area contributed by atoms with E-state index in [0.717, 1.165) is 48.5 Å². The van der Waals surface area contributed by atoms with E-state index in [1.165, 1.54) is 12.1 Å². The maximum absolute atomic E-state index is 13.0. The van der Waals surface area contributed by atoms with Gasteiger partial charge in [-0.2, -0.15) is 5.10 Å². The second-order valence-corrected chi connectivity index (χ2v) is 7.51. The number of rotatable bonds is 5. The number of nitrogens with zero attached hydrogens (tertiary/aromatic N) is 5. The molecular formula is C22H23FN6O2S. The summed E-state index contributed by atoms with van der Waals surface area (Å²) in [7, 11) is 3.21. The molecule has 32 heavy (non-hydrogen) atoms. The van der Waals surface area contributed by atoms with Gasteiger partial charge < -0.3 is 19.3 Å². The Kier molecular flexibility index (Phi) is 6.60. The first-order valence-electron chi connectivity index (χ1n) is 10.0. The maximum Gasteiger partial charge on any atom is 0.189 e. The number of aromatic nitrogens is 2. The molecule has 0 radical (unpaired) electrons. The van der Waals surface area contributed by atoms with Crippen LogP contribution in [0.2, 0.25) is 0 Å². The van der Waals surface area contributed by atoms with Crippen LogP contribution in [0.5, 0.6) is 11.5 Å². The molecule has 0 saturated carbocycles. The molecule has 4 rings (SSSR count). The van der Waals surface area contributed by atoms with Crippen LogP contribution in [0.1, 0.15) is 5.56 Å². The van der Waals surface area contributed by atoms with Gasteiger partial charge in [-0.05, 0) is 36.0 Å². The van der Waals surface area contributed by atoms with Crippen molar-refractivity contribution >= 4 is 40.3 Å². The molecule has 0 unspecified atom stereocenters. The molecule has 0 aliphatic carbocycles. The number of fused-ring (bicyclic) bond motifs is 1. The minimum Gasteiger partial charge on any atom is -0.493 e. The van der Waals surface area contributed by atoms with E-state index < -0.39 is 0 Å². The van der Waals surface area contributed by atoms with Crippen LogP contribution in [-0.4, -0.2) is 66.6 Å². The fraction of sp³-hybridized carbons (Fsp3) is 0.273. The molecule has 3 aromatic rings. The third-order valence-electron chi connectivity index (χ3n) is 5.23. The Morgan fingerprint density at radius 2 is 1.75 bits per heavy atom. The number of methoxy groups -OCH3 is 2. The minimum absolute atomic E-state index is 0.280. The van der Waals surface area contributed by atoms with Crippen molar-refractivity contribution < 1.29 is 13.9 Å². The Bertz CT molecular complexity index is 1130. The molecule has 1 aromatic heterocycles. The molecule has 1 fully saturated rings. The van der Waals surface area contributed by atoms with Crippen LogP contribution in [0.25, 0.3) is 10.9 Å². The lowest BCUT2D eigenvalue weighted by Gasteiger charge is -2.36. The van der Waals surface area contributed by atoms with Gasteiger partial charge in [0.2, 0.25) is 0 Å². The van der Waals surface area contributed by atoms with E-state index in [9.17, 15) is 4.39 Å². The zero-order valence-corrected chi connectivity index (χ0v) is 18.6. The third-order valence-corrected chi connectivity index (χ3v) is 5.58. The number of hydrogen-bond acceptors (Lipinski definition) is 7. The van der Waals surface area contributed by atoms with E-state index in [1.807, 2.05) is 12.1 Å². The quantitative estimate of drug-likeness (QED) is 0.358. The summed E-state index contributed by atoms with van der Waals surface area (Å²) in [5.74, 6) is 1.84. The van der Waals surface area contributed by atoms with E-state index in [-0.39, 0.29) is 5.82 Å². The second-order valence-electron chi connectivity index (χ2n) is 7.12. The summed E-state index contributed by atoms with van der Waals surface area (Å²) in [4.78, 5) is 13.2. The van der Waals surface area contributed by atoms with Gasteiger partial charge in [-0.25, -0.2) is 14.4 Å². The van der Waals surface area contributed by atoms with E-state index in [4.69, 9.17) is 21.7 Å². The van der Waals surface area contributed by atoms with Crippen molar-refractivity contribution in [2.75, 3.05) is 45.3 Å². The molecule has 10 heteroatoms. The number of thiocarbonyl (C=S) groups is 1. The maximum atomic E-state index is 13.0. The first-order valence-corrected chi connectivity index (χ1v) is 10.4. The topological polar surface area (TPSA) is 75.1 Å². The molecule has 166 valence electrons. The Morgan fingerprint density at radius 1 is 1.06 bits per heavy atom. The van der Waals surface area contributed by atoms with Gasteiger partial charge in [0.15, 0.2) is 16.6 Å². The first-order chi connectivity index (χ1) is 15.6. The van der Waals surface area contributed by atoms with Gasteiger partial charge in [-0.15, -0.1) is 0 Å². The van der Waals surface area contributed by atoms with Crippen LogP contribution >= 0.6 is 12.2 Å². The molecule has 1 aliphatic heterocycles. The molecule has 1 N–H and O–H groups in total. The highest BCUT2D eigenvalue weighted by Crippen LogP contribution is 2.34. The number of nitrogens with one attached hydrogen (secondary N) is 1. The Balaban J connectivity index is 1.40. The first kappa shape index (κ1) is 21.7. The van der Waals surface area contributed by atoms with Crippen molar-refractivity contribution in [1.82, 2.24) is 20.3 Å². The second kappa shape index (κ2) is 9.73. The van der Waals surface area contributed by atoms with Crippen molar-refractivity contribution in [3.8, 4) is 11.5 Å². The molecule has 2 aromatic carbocycles. The summed E-state index contributed by atoms with van der Waals surface area (Å²) in [6.07, 6.45) is 3.17. The molecule has 2 heterocycles. The van der Waals surface area contributed by atoms with E-state index in [0.29, 0.717) is 16.6 Å². The van der Waals surface area contributed by atoms with Gasteiger partial charge in [0.05, 0.1) is 26.0 Å². The molecular weight excluding hydrogens is 431 g/mol. The highest BCUT2D eigenvalue weighted by atomic mass is 32.1. The van der Waals surface area contributed by atoms with Crippen LogP contribution in [0, 0.1) is 5.82 Å². The lowest BCUT2D eigenvalue weighted by Crippen LogP contribution is -2.51. The van der Waals surface area contributed by atoms with E-state index >= 15 is 0 Å². The lowest BCUT2D eigenvalue weighted by atomic mass is 10.2. The van der Waals surface area contributed by atoms with Crippen molar-refractivity contribution in [3.63, 3.8) is 0 Å². The normalized spacial score (nSPS) is 14.1. The number of piperazine rings is 1. The van der Waals surface area contributed by atoms with Crippen molar-refractivity contribution in [2.24, 2.45) is 5.10 Å². The molecule has 0 spiro atoms. The van der Waals surface area contributed by atoms with Gasteiger partial charge in [0, 0.05) is 37.6 Å². The van der Waals surface area contributed by atoms with E-state index in [2.05, 4.69) is 30.3 Å². The largest absolute Gasteiger partial charge is 0.493 e. The van der Waals surface area contributed by atoms with Crippen molar-refractivity contribution in [1.29, 1.82) is 0 Å². The Hall–Kier alpha value is -3.53. The summed E-state index contributed by atoms with van der Waals surface area (Å²) >= 11 is 5.47. The van der Waals surface area contributed by atoms with Gasteiger partial charge in [0.25, 0.3) is 0 Å². The standard InChI is InChI=1S/C22H23FN6O2S/c1-30-19-11-17-18(12-20(19)31-2)24-14-25-21(17)28-7-9-29(10-8-28)22(32)27-26-13-15-3-5-16(23)6-4-15/h3-6,11-14H,7-10H2,1-2H3,(H,27,32). The highest BCUT2D eigenvalue weighted by molar-refractivity contribution is 7.80. The monoisotopic (exact) mass is 454 g/mol. The van der Waals surface area contributed by atoms with Gasteiger partial charge >= 0.3 is 0 Å². The number of halogens is 1. The van der Waals surface area contributed by atoms with Gasteiger partial charge in [-0.3, -0.25) is 5.43 Å². The average molecular weight is 455 g/mol. The SMILES string of the molecule is COc1cc2ncnc(N3CCN(C(=S)NN=Cc4ccc(F)cc4)CC3)c2cc1OC. The summed E-state index contributed by atoms with van der Waals surface area (Å²) in [6.45, 7) is 2.92. The molecule has 0 bridgehead atoms. The average Bonchev–Trinajstić information content (AvgIpc) is 2.84. The highest BCUT2D eigenvalue weighted by Gasteiger charge is 2.22. The van der Waals surface area contributed by atoms with Gasteiger partial charge in [0.1, 0.15) is 18.0 Å². The summed E-state index contributed by atoms with van der Waals surface area (Å²) in [5.41, 5.74) is 4.47. The molecule has 1 saturated heterocycles. The molecule has 0 atom stereocenters. The summed E-state index contributed by atoms with van der Waals surface area (Å²) in [5, 5.41) is 5.61. The number of hydrogen-bond donors (Lipinski definition) is 1. The number of hydrazone groups is 1. The van der Waals surface area contributed by atoms with Crippen molar-refractivity contribution in [2.45, 2.75) is 0 Å². The lowest BCUT2D eigenvalue weighted by molar-refractivity contribution is 0.355. The van der Waals surface area contributed by atoms with Crippen LogP contribution in [0.4, 0.5) is 10.2 Å². The minimum atomic E-state index is -0.280. The molecule has 1 aliphatic rings. The summed E-state index contributed by atoms with van der Waals surface area (Å²) in [6, 6.07) is 9.85. The molecule has 0 amide bonds. The number of anilines is 1. The Labute approximate surface area is 190 Å². The summed E-state index contributed by atoms with van der Waals surface area (Å²) < 4.78 is 23.8. The smallest absolute Gasteiger partial charge is 0.189 e. The third kappa shape index (κ3) is 4.70. The predicted molar refractivity (Wildman–Crippen MR) is 126 cm³/mol. The Morgan fingerprint density at radius 3 is 2.44 bits per heavy atom. The van der Waals surface area contributed by atoms with Crippen LogP contribution < -0.4 is 19.8 Å². The van der Waals surface area contributed by atoms with Crippen LogP contribution in [-0.2, 0) is 0 Å². The number of benzene rings is 2. The van der Waals surface area contributed by atoms with Crippen LogP contribution in [0.15, 0.2) is 47.8 Å². The van der Waals surface area contributed by atoms with E-state index in [1.54, 1.807) is 38.9 Å². The zero-order valence-electron chi connectivity index (χ0n) is 17.8. The fourth-order valence-electron chi connectivity index (χ4n) is 3.52. The zero-order chi connectivity index (χ0) is 22.5. The van der Waals surface area contributed by atoms with Crippen LogP contribution in [0.3, 0.4) is 0 Å². The molecule has 8 nitrogen and oxygen atoms in total. The van der Waals surface area contributed by atoms with Crippen molar-refractivity contribution in [3.05, 3.63) is 54.1 Å². The van der Waals surface area contributed by atoms with Gasteiger partial charge in [-0.1, -0.05) is 12.1 Å².